The lowest BCUT2D eigenvalue weighted by Gasteiger charge is -2.29. The smallest absolute Gasteiger partial charge is 0.330 e. The molecule has 1 aromatic carbocycles. The number of imide groups is 1. The van der Waals surface area contributed by atoms with Crippen molar-refractivity contribution in [1.29, 1.82) is 0 Å². The van der Waals surface area contributed by atoms with Crippen LogP contribution in [-0.4, -0.2) is 37.9 Å². The third kappa shape index (κ3) is 3.47. The van der Waals surface area contributed by atoms with Crippen molar-refractivity contribution in [3.8, 4) is 0 Å². The van der Waals surface area contributed by atoms with Crippen molar-refractivity contribution in [1.82, 2.24) is 14.0 Å². The summed E-state index contributed by atoms with van der Waals surface area (Å²) in [5, 5.41) is 0. The van der Waals surface area contributed by atoms with Gasteiger partial charge in [-0.2, -0.15) is 0 Å². The Labute approximate surface area is 172 Å². The number of esters is 1. The Bertz CT molecular complexity index is 1110. The minimum atomic E-state index is -1.12. The van der Waals surface area contributed by atoms with E-state index in [1.165, 1.54) is 24.7 Å². The van der Waals surface area contributed by atoms with E-state index >= 15 is 0 Å². The summed E-state index contributed by atoms with van der Waals surface area (Å²) in [5.74, 6) is -2.21. The molecule has 0 bridgehead atoms. The van der Waals surface area contributed by atoms with Crippen LogP contribution in [0.4, 0.5) is 0 Å². The first-order valence-corrected chi connectivity index (χ1v) is 9.58. The van der Waals surface area contributed by atoms with Crippen molar-refractivity contribution in [3.05, 3.63) is 68.0 Å². The third-order valence-corrected chi connectivity index (χ3v) is 5.52. The first-order valence-electron chi connectivity index (χ1n) is 9.58. The molecule has 3 rings (SSSR count). The lowest BCUT2D eigenvalue weighted by Crippen LogP contribution is -2.49. The topological polar surface area (TPSA) is 108 Å². The summed E-state index contributed by atoms with van der Waals surface area (Å²) in [7, 11) is 2.81. The number of carbonyl (C=O) groups excluding carboxylic acids is 3. The minimum Gasteiger partial charge on any atom is -0.458 e. The van der Waals surface area contributed by atoms with Crippen molar-refractivity contribution in [2.24, 2.45) is 20.0 Å². The molecule has 1 aliphatic heterocycles. The van der Waals surface area contributed by atoms with Gasteiger partial charge in [0.15, 0.2) is 0 Å². The lowest BCUT2D eigenvalue weighted by atomic mass is 9.97. The molecule has 0 spiro atoms. The number of amides is 2. The molecule has 0 unspecified atom stereocenters. The molecule has 2 amide bonds. The van der Waals surface area contributed by atoms with Gasteiger partial charge in [-0.25, -0.2) is 9.59 Å². The van der Waals surface area contributed by atoms with E-state index in [0.717, 1.165) is 9.47 Å². The summed E-state index contributed by atoms with van der Waals surface area (Å²) in [6.07, 6.45) is 0.525. The molecule has 0 saturated carbocycles. The highest BCUT2D eigenvalue weighted by molar-refractivity contribution is 6.22. The number of ether oxygens (including phenoxy) is 1. The van der Waals surface area contributed by atoms with Gasteiger partial charge in [-0.1, -0.05) is 32.4 Å². The number of hydrogen-bond acceptors (Lipinski definition) is 6. The molecule has 1 aromatic heterocycles. The summed E-state index contributed by atoms with van der Waals surface area (Å²) >= 11 is 0. The van der Waals surface area contributed by atoms with Gasteiger partial charge >= 0.3 is 11.7 Å². The number of carbonyl (C=O) groups is 3. The van der Waals surface area contributed by atoms with Crippen molar-refractivity contribution in [2.45, 2.75) is 32.9 Å². The molecule has 158 valence electrons. The maximum Gasteiger partial charge on any atom is 0.330 e. The third-order valence-electron chi connectivity index (χ3n) is 5.52. The molecule has 2 atom stereocenters. The van der Waals surface area contributed by atoms with Crippen LogP contribution in [0, 0.1) is 5.92 Å². The zero-order chi connectivity index (χ0) is 22.2. The number of benzene rings is 1. The number of aromatic nitrogens is 2. The summed E-state index contributed by atoms with van der Waals surface area (Å²) in [6, 6.07) is 6.48. The van der Waals surface area contributed by atoms with Gasteiger partial charge in [0, 0.05) is 20.2 Å². The van der Waals surface area contributed by atoms with Gasteiger partial charge in [-0.05, 0) is 18.1 Å². The summed E-state index contributed by atoms with van der Waals surface area (Å²) in [4.78, 5) is 63.5. The van der Waals surface area contributed by atoms with E-state index in [1.54, 1.807) is 31.2 Å². The Morgan fingerprint density at radius 3 is 2.10 bits per heavy atom. The summed E-state index contributed by atoms with van der Waals surface area (Å²) < 4.78 is 7.50. The van der Waals surface area contributed by atoms with Crippen molar-refractivity contribution >= 4 is 17.8 Å². The van der Waals surface area contributed by atoms with E-state index in [1.807, 2.05) is 6.92 Å². The molecule has 0 fully saturated rings. The number of rotatable bonds is 6. The second kappa shape index (κ2) is 8.10. The van der Waals surface area contributed by atoms with Crippen LogP contribution in [0.15, 0.2) is 39.9 Å². The first kappa shape index (κ1) is 21.2. The normalized spacial score (nSPS) is 15.1. The fourth-order valence-corrected chi connectivity index (χ4v) is 3.42. The molecular weight excluding hydrogens is 390 g/mol. The average Bonchev–Trinajstić information content (AvgIpc) is 2.99. The molecule has 30 heavy (non-hydrogen) atoms. The summed E-state index contributed by atoms with van der Waals surface area (Å²) in [5.41, 5.74) is -0.368. The fourth-order valence-electron chi connectivity index (χ4n) is 3.42. The van der Waals surface area contributed by atoms with Crippen LogP contribution in [0.3, 0.4) is 0 Å². The van der Waals surface area contributed by atoms with Gasteiger partial charge in [0.25, 0.3) is 17.4 Å². The minimum absolute atomic E-state index is 0.210. The molecule has 0 radical (unpaired) electrons. The lowest BCUT2D eigenvalue weighted by molar-refractivity contribution is -0.151. The number of fused-ring (bicyclic) bond motifs is 1. The van der Waals surface area contributed by atoms with Gasteiger partial charge in [-0.15, -0.1) is 0 Å². The first-order chi connectivity index (χ1) is 14.2. The van der Waals surface area contributed by atoms with Crippen LogP contribution >= 0.6 is 0 Å². The Morgan fingerprint density at radius 2 is 1.57 bits per heavy atom. The van der Waals surface area contributed by atoms with Crippen LogP contribution in [0.5, 0.6) is 0 Å². The molecule has 0 saturated heterocycles. The Kier molecular flexibility index (Phi) is 5.73. The van der Waals surface area contributed by atoms with E-state index in [9.17, 15) is 24.0 Å². The summed E-state index contributed by atoms with van der Waals surface area (Å²) in [6.45, 7) is 3.26. The standard InChI is InChI=1S/C21H23N3O6/c1-5-12(2)17(24-18(26)14-8-6-7-9-15(14)19(24)27)20(28)30-11-13-10-16(25)23(4)21(29)22(13)3/h6-10,12,17H,5,11H2,1-4H3/t12-,17-/m1/s1. The molecule has 2 aromatic rings. The molecule has 0 aliphatic carbocycles. The quantitative estimate of drug-likeness (QED) is 0.513. The molecule has 1 aliphatic rings. The van der Waals surface area contributed by atoms with Crippen molar-refractivity contribution in [3.63, 3.8) is 0 Å². The van der Waals surface area contributed by atoms with Crippen LogP contribution in [-0.2, 0) is 30.2 Å². The van der Waals surface area contributed by atoms with E-state index in [-0.39, 0.29) is 29.3 Å². The monoisotopic (exact) mass is 413 g/mol. The van der Waals surface area contributed by atoms with E-state index in [0.29, 0.717) is 6.42 Å². The van der Waals surface area contributed by atoms with Gasteiger partial charge in [0.2, 0.25) is 0 Å². The zero-order valence-electron chi connectivity index (χ0n) is 17.2. The second-order valence-corrected chi connectivity index (χ2v) is 7.34. The predicted octanol–water partition coefficient (Wildman–Crippen LogP) is 0.838. The van der Waals surface area contributed by atoms with Crippen molar-refractivity contribution in [2.75, 3.05) is 0 Å². The average molecular weight is 413 g/mol. The van der Waals surface area contributed by atoms with Gasteiger partial charge < -0.3 is 4.74 Å². The number of hydrogen-bond donors (Lipinski definition) is 0. The molecule has 9 heteroatoms. The van der Waals surface area contributed by atoms with E-state index in [2.05, 4.69) is 0 Å². The van der Waals surface area contributed by atoms with Crippen LogP contribution in [0.25, 0.3) is 0 Å². The highest BCUT2D eigenvalue weighted by Gasteiger charge is 2.45. The van der Waals surface area contributed by atoms with E-state index < -0.39 is 35.1 Å². The van der Waals surface area contributed by atoms with Crippen LogP contribution in [0.2, 0.25) is 0 Å². The second-order valence-electron chi connectivity index (χ2n) is 7.34. The highest BCUT2D eigenvalue weighted by atomic mass is 16.5. The Morgan fingerprint density at radius 1 is 1.00 bits per heavy atom. The predicted molar refractivity (Wildman–Crippen MR) is 107 cm³/mol. The van der Waals surface area contributed by atoms with E-state index in [4.69, 9.17) is 4.74 Å². The Balaban J connectivity index is 1.88. The largest absolute Gasteiger partial charge is 0.458 e. The molecule has 9 nitrogen and oxygen atoms in total. The SMILES string of the molecule is CC[C@@H](C)[C@H](C(=O)OCc1cc(=O)n(C)c(=O)n1C)N1C(=O)c2ccccc2C1=O. The van der Waals surface area contributed by atoms with Crippen molar-refractivity contribution < 1.29 is 19.1 Å². The highest BCUT2D eigenvalue weighted by Crippen LogP contribution is 2.28. The maximum atomic E-state index is 13.0. The van der Waals surface area contributed by atoms with Gasteiger partial charge in [-0.3, -0.25) is 28.4 Å². The van der Waals surface area contributed by atoms with Gasteiger partial charge in [0.05, 0.1) is 16.8 Å². The molecule has 0 N–H and O–H groups in total. The van der Waals surface area contributed by atoms with Crippen LogP contribution < -0.4 is 11.2 Å². The zero-order valence-corrected chi connectivity index (χ0v) is 17.2. The van der Waals surface area contributed by atoms with Crippen LogP contribution in [0.1, 0.15) is 46.7 Å². The fraction of sp³-hybridized carbons (Fsp3) is 0.381. The van der Waals surface area contributed by atoms with Gasteiger partial charge in [0.1, 0.15) is 12.6 Å². The Hall–Kier alpha value is -3.49. The number of nitrogens with zero attached hydrogens (tertiary/aromatic N) is 3. The molecule has 2 heterocycles. The maximum absolute atomic E-state index is 13.0. The molecular formula is C21H23N3O6.